The van der Waals surface area contributed by atoms with Gasteiger partial charge in [0.2, 0.25) is 0 Å². The van der Waals surface area contributed by atoms with Crippen molar-refractivity contribution < 1.29 is 14.6 Å². The fraction of sp³-hybridized carbons (Fsp3) is 0.300. The number of esters is 1. The molecule has 0 bridgehead atoms. The third-order valence-electron chi connectivity index (χ3n) is 1.78. The lowest BCUT2D eigenvalue weighted by Crippen LogP contribution is -2.01. The van der Waals surface area contributed by atoms with E-state index in [2.05, 4.69) is 4.74 Å². The van der Waals surface area contributed by atoms with Crippen molar-refractivity contribution in [2.75, 3.05) is 7.11 Å². The topological polar surface area (TPSA) is 46.5 Å². The highest BCUT2D eigenvalue weighted by atomic mass is 35.5. The second kappa shape index (κ2) is 6.27. The number of benzene rings is 1. The predicted molar refractivity (Wildman–Crippen MR) is 55.7 cm³/mol. The van der Waals surface area contributed by atoms with Gasteiger partial charge >= 0.3 is 5.97 Å². The number of aryl methyl sites for hydroxylation is 1. The van der Waals surface area contributed by atoms with E-state index in [1.54, 1.807) is 24.3 Å². The Morgan fingerprint density at radius 1 is 1.36 bits per heavy atom. The average molecular weight is 217 g/mol. The summed E-state index contributed by atoms with van der Waals surface area (Å²) >= 11 is 0. The number of aromatic hydroxyl groups is 1. The van der Waals surface area contributed by atoms with Gasteiger partial charge < -0.3 is 9.84 Å². The molecule has 0 spiro atoms. The molecule has 0 saturated heterocycles. The molecule has 0 saturated carbocycles. The molecular formula is C10H13ClO3. The van der Waals surface area contributed by atoms with Crippen molar-refractivity contribution in [1.82, 2.24) is 0 Å². The van der Waals surface area contributed by atoms with Crippen molar-refractivity contribution in [3.05, 3.63) is 29.8 Å². The Hall–Kier alpha value is -1.22. The Bertz CT molecular complexity index is 282. The molecule has 1 N–H and O–H groups in total. The van der Waals surface area contributed by atoms with Crippen molar-refractivity contribution in [2.45, 2.75) is 12.8 Å². The number of rotatable bonds is 3. The highest BCUT2D eigenvalue weighted by molar-refractivity contribution is 5.85. The quantitative estimate of drug-likeness (QED) is 0.786. The minimum absolute atomic E-state index is 0. The number of hydrogen-bond acceptors (Lipinski definition) is 3. The third kappa shape index (κ3) is 4.14. The molecule has 0 aromatic heterocycles. The zero-order valence-corrected chi connectivity index (χ0v) is 8.71. The van der Waals surface area contributed by atoms with E-state index in [-0.39, 0.29) is 24.1 Å². The molecule has 1 rings (SSSR count). The first-order valence-corrected chi connectivity index (χ1v) is 4.07. The number of methoxy groups -OCH3 is 1. The van der Waals surface area contributed by atoms with Crippen LogP contribution in [0.5, 0.6) is 5.75 Å². The minimum Gasteiger partial charge on any atom is -0.508 e. The van der Waals surface area contributed by atoms with Gasteiger partial charge in [-0.15, -0.1) is 12.4 Å². The van der Waals surface area contributed by atoms with Gasteiger partial charge in [0.25, 0.3) is 0 Å². The molecule has 0 heterocycles. The van der Waals surface area contributed by atoms with Crippen LogP contribution in [0, 0.1) is 0 Å². The lowest BCUT2D eigenvalue weighted by molar-refractivity contribution is -0.140. The summed E-state index contributed by atoms with van der Waals surface area (Å²) in [6.07, 6.45) is 1.02. The summed E-state index contributed by atoms with van der Waals surface area (Å²) in [5.74, 6) is 0.0230. The van der Waals surface area contributed by atoms with Crippen molar-refractivity contribution in [3.63, 3.8) is 0 Å². The van der Waals surface area contributed by atoms with Crippen molar-refractivity contribution in [1.29, 1.82) is 0 Å². The Labute approximate surface area is 89.1 Å². The minimum atomic E-state index is -0.215. The van der Waals surface area contributed by atoms with Crippen molar-refractivity contribution in [3.8, 4) is 5.75 Å². The molecule has 4 heteroatoms. The summed E-state index contributed by atoms with van der Waals surface area (Å²) in [4.78, 5) is 10.8. The molecule has 0 unspecified atom stereocenters. The number of halogens is 1. The van der Waals surface area contributed by atoms with E-state index in [1.807, 2.05) is 0 Å². The summed E-state index contributed by atoms with van der Waals surface area (Å²) < 4.78 is 4.51. The van der Waals surface area contributed by atoms with Crippen molar-refractivity contribution >= 4 is 18.4 Å². The molecule has 1 aromatic rings. The summed E-state index contributed by atoms with van der Waals surface area (Å²) in [6.45, 7) is 0. The molecule has 0 aliphatic heterocycles. The van der Waals surface area contributed by atoms with Gasteiger partial charge in [-0.25, -0.2) is 0 Å². The van der Waals surface area contributed by atoms with Gasteiger partial charge in [-0.05, 0) is 24.1 Å². The Balaban J connectivity index is 0.00000169. The van der Waals surface area contributed by atoms with E-state index in [0.717, 1.165) is 5.56 Å². The van der Waals surface area contributed by atoms with Crippen LogP contribution in [0.25, 0.3) is 0 Å². The number of phenols is 1. The molecule has 78 valence electrons. The lowest BCUT2D eigenvalue weighted by Gasteiger charge is -2.00. The third-order valence-corrected chi connectivity index (χ3v) is 1.78. The fourth-order valence-electron chi connectivity index (χ4n) is 1.01. The monoisotopic (exact) mass is 216 g/mol. The number of phenolic OH excluding ortho intramolecular Hbond substituents is 1. The first-order valence-electron chi connectivity index (χ1n) is 4.07. The van der Waals surface area contributed by atoms with Crippen LogP contribution in [0.3, 0.4) is 0 Å². The average Bonchev–Trinajstić information content (AvgIpc) is 2.16. The number of carbonyl (C=O) groups excluding carboxylic acids is 1. The number of carbonyl (C=O) groups is 1. The molecule has 1 aromatic carbocycles. The molecule has 0 amide bonds. The predicted octanol–water partition coefficient (Wildman–Crippen LogP) is 1.92. The first-order chi connectivity index (χ1) is 6.22. The number of hydrogen-bond donors (Lipinski definition) is 1. The van der Waals surface area contributed by atoms with Gasteiger partial charge in [0.05, 0.1) is 7.11 Å². The molecule has 0 aliphatic rings. The van der Waals surface area contributed by atoms with Gasteiger partial charge in [-0.2, -0.15) is 0 Å². The summed E-state index contributed by atoms with van der Waals surface area (Å²) in [5, 5.41) is 8.99. The molecular weight excluding hydrogens is 204 g/mol. The van der Waals surface area contributed by atoms with E-state index in [1.165, 1.54) is 7.11 Å². The molecule has 0 atom stereocenters. The fourth-order valence-corrected chi connectivity index (χ4v) is 1.01. The van der Waals surface area contributed by atoms with Crippen LogP contribution in [-0.2, 0) is 16.0 Å². The van der Waals surface area contributed by atoms with Crippen LogP contribution in [0.1, 0.15) is 12.0 Å². The summed E-state index contributed by atoms with van der Waals surface area (Å²) in [5.41, 5.74) is 1.02. The standard InChI is InChI=1S/C10H12O3.ClH/c1-13-10(12)7-4-8-2-5-9(11)6-3-8;/h2-3,5-6,11H,4,7H2,1H3;1H. The van der Waals surface area contributed by atoms with E-state index in [0.29, 0.717) is 12.8 Å². The zero-order chi connectivity index (χ0) is 9.68. The molecule has 0 radical (unpaired) electrons. The van der Waals surface area contributed by atoms with Crippen LogP contribution in [0.2, 0.25) is 0 Å². The van der Waals surface area contributed by atoms with Gasteiger partial charge in [0, 0.05) is 6.42 Å². The van der Waals surface area contributed by atoms with E-state index in [4.69, 9.17) is 5.11 Å². The van der Waals surface area contributed by atoms with Crippen LogP contribution in [-0.4, -0.2) is 18.2 Å². The normalized spacial score (nSPS) is 8.93. The van der Waals surface area contributed by atoms with Crippen LogP contribution >= 0.6 is 12.4 Å². The maximum absolute atomic E-state index is 10.8. The SMILES string of the molecule is COC(=O)CCc1ccc(O)cc1.Cl. The van der Waals surface area contributed by atoms with E-state index in [9.17, 15) is 4.79 Å². The van der Waals surface area contributed by atoms with E-state index >= 15 is 0 Å². The van der Waals surface area contributed by atoms with E-state index < -0.39 is 0 Å². The van der Waals surface area contributed by atoms with Gasteiger partial charge in [0.1, 0.15) is 5.75 Å². The largest absolute Gasteiger partial charge is 0.508 e. The van der Waals surface area contributed by atoms with Crippen LogP contribution < -0.4 is 0 Å². The molecule has 3 nitrogen and oxygen atoms in total. The Morgan fingerprint density at radius 2 is 1.93 bits per heavy atom. The highest BCUT2D eigenvalue weighted by Crippen LogP contribution is 2.11. The molecule has 0 fully saturated rings. The van der Waals surface area contributed by atoms with Gasteiger partial charge in [0.15, 0.2) is 0 Å². The van der Waals surface area contributed by atoms with Crippen LogP contribution in [0.4, 0.5) is 0 Å². The maximum Gasteiger partial charge on any atom is 0.305 e. The summed E-state index contributed by atoms with van der Waals surface area (Å²) in [7, 11) is 1.37. The van der Waals surface area contributed by atoms with Crippen LogP contribution in [0.15, 0.2) is 24.3 Å². The lowest BCUT2D eigenvalue weighted by atomic mass is 10.1. The Kier molecular flexibility index (Phi) is 5.72. The summed E-state index contributed by atoms with van der Waals surface area (Å²) in [6, 6.07) is 6.79. The molecule has 0 aliphatic carbocycles. The van der Waals surface area contributed by atoms with Crippen molar-refractivity contribution in [2.24, 2.45) is 0 Å². The second-order valence-corrected chi connectivity index (χ2v) is 2.74. The highest BCUT2D eigenvalue weighted by Gasteiger charge is 2.00. The van der Waals surface area contributed by atoms with Gasteiger partial charge in [-0.3, -0.25) is 4.79 Å². The first kappa shape index (κ1) is 12.8. The smallest absolute Gasteiger partial charge is 0.305 e. The second-order valence-electron chi connectivity index (χ2n) is 2.74. The Morgan fingerprint density at radius 3 is 2.43 bits per heavy atom. The number of ether oxygens (including phenoxy) is 1. The van der Waals surface area contributed by atoms with Gasteiger partial charge in [-0.1, -0.05) is 12.1 Å². The molecule has 14 heavy (non-hydrogen) atoms. The zero-order valence-electron chi connectivity index (χ0n) is 7.90. The maximum atomic E-state index is 10.8.